The van der Waals surface area contributed by atoms with Gasteiger partial charge in [0.2, 0.25) is 0 Å². The molecule has 3 rings (SSSR count). The molecule has 1 aliphatic rings. The van der Waals surface area contributed by atoms with E-state index in [9.17, 15) is 0 Å². The lowest BCUT2D eigenvalue weighted by atomic mass is 10.2. The summed E-state index contributed by atoms with van der Waals surface area (Å²) in [5, 5.41) is 7.66. The smallest absolute Gasteiger partial charge is 0.259 e. The van der Waals surface area contributed by atoms with Crippen LogP contribution in [0.3, 0.4) is 0 Å². The lowest BCUT2D eigenvalue weighted by Crippen LogP contribution is -2.44. The zero-order valence-corrected chi connectivity index (χ0v) is 12.5. The maximum absolute atomic E-state index is 6.31. The number of aromatic nitrogens is 3. The largest absolute Gasteiger partial charge is 0.353 e. The molecule has 2 aromatic rings. The van der Waals surface area contributed by atoms with Crippen molar-refractivity contribution in [2.24, 2.45) is 0 Å². The topological polar surface area (TPSA) is 67.1 Å². The van der Waals surface area contributed by atoms with E-state index in [2.05, 4.69) is 25.3 Å². The SMILES string of the molecule is Cc1noc(-c2cnc(N3CCNCC3)c(Cl)c2)n1.Cl. The van der Waals surface area contributed by atoms with E-state index in [0.29, 0.717) is 16.7 Å². The van der Waals surface area contributed by atoms with Crippen LogP contribution in [0.25, 0.3) is 11.5 Å². The highest BCUT2D eigenvalue weighted by atomic mass is 35.5. The number of aryl methyl sites for hydroxylation is 1. The number of nitrogens with one attached hydrogen (secondary N) is 1. The van der Waals surface area contributed by atoms with Crippen LogP contribution in [-0.4, -0.2) is 41.3 Å². The van der Waals surface area contributed by atoms with Crippen molar-refractivity contribution in [3.05, 3.63) is 23.1 Å². The Kier molecular flexibility index (Phi) is 4.80. The van der Waals surface area contributed by atoms with E-state index < -0.39 is 0 Å². The van der Waals surface area contributed by atoms with Crippen LogP contribution in [0.1, 0.15) is 5.82 Å². The third-order valence-corrected chi connectivity index (χ3v) is 3.29. The van der Waals surface area contributed by atoms with Gasteiger partial charge >= 0.3 is 0 Å². The van der Waals surface area contributed by atoms with Crippen molar-refractivity contribution in [1.82, 2.24) is 20.4 Å². The zero-order valence-electron chi connectivity index (χ0n) is 11.0. The fraction of sp³-hybridized carbons (Fsp3) is 0.417. The molecule has 0 aromatic carbocycles. The number of halogens is 2. The predicted octanol–water partition coefficient (Wildman–Crippen LogP) is 1.92. The molecule has 0 bridgehead atoms. The summed E-state index contributed by atoms with van der Waals surface area (Å²) in [5.74, 6) is 1.85. The van der Waals surface area contributed by atoms with Crippen molar-refractivity contribution in [3.63, 3.8) is 0 Å². The highest BCUT2D eigenvalue weighted by molar-refractivity contribution is 6.33. The van der Waals surface area contributed by atoms with Gasteiger partial charge in [-0.1, -0.05) is 16.8 Å². The Morgan fingerprint density at radius 3 is 2.70 bits per heavy atom. The summed E-state index contributed by atoms with van der Waals surface area (Å²) < 4.78 is 5.11. The van der Waals surface area contributed by atoms with Crippen LogP contribution in [0.5, 0.6) is 0 Å². The summed E-state index contributed by atoms with van der Waals surface area (Å²) in [7, 11) is 0. The molecular weight excluding hydrogens is 301 g/mol. The van der Waals surface area contributed by atoms with E-state index in [1.54, 1.807) is 13.1 Å². The van der Waals surface area contributed by atoms with Gasteiger partial charge in [-0.15, -0.1) is 12.4 Å². The Morgan fingerprint density at radius 1 is 1.35 bits per heavy atom. The molecule has 0 aliphatic carbocycles. The highest BCUT2D eigenvalue weighted by Crippen LogP contribution is 2.28. The fourth-order valence-electron chi connectivity index (χ4n) is 2.07. The Balaban J connectivity index is 0.00000147. The summed E-state index contributed by atoms with van der Waals surface area (Å²) in [6.07, 6.45) is 1.72. The molecule has 0 saturated carbocycles. The summed E-state index contributed by atoms with van der Waals surface area (Å²) in [6.45, 7) is 5.49. The zero-order chi connectivity index (χ0) is 13.2. The molecule has 8 heteroatoms. The summed E-state index contributed by atoms with van der Waals surface area (Å²) in [6, 6.07) is 1.82. The molecule has 0 atom stereocenters. The van der Waals surface area contributed by atoms with E-state index in [4.69, 9.17) is 16.1 Å². The van der Waals surface area contributed by atoms with Crippen molar-refractivity contribution in [2.75, 3.05) is 31.1 Å². The maximum atomic E-state index is 6.31. The van der Waals surface area contributed by atoms with Gasteiger partial charge in [0.05, 0.1) is 10.6 Å². The predicted molar refractivity (Wildman–Crippen MR) is 79.6 cm³/mol. The molecule has 0 unspecified atom stereocenters. The minimum atomic E-state index is 0. The van der Waals surface area contributed by atoms with Crippen molar-refractivity contribution in [3.8, 4) is 11.5 Å². The molecule has 0 radical (unpaired) electrons. The minimum absolute atomic E-state index is 0. The molecular formula is C12H15Cl2N5O. The Labute approximate surface area is 127 Å². The number of anilines is 1. The Hall–Kier alpha value is -1.37. The van der Waals surface area contributed by atoms with Crippen LogP contribution in [0, 0.1) is 6.92 Å². The van der Waals surface area contributed by atoms with Crippen LogP contribution >= 0.6 is 24.0 Å². The molecule has 3 heterocycles. The molecule has 1 fully saturated rings. The van der Waals surface area contributed by atoms with Crippen LogP contribution in [0.15, 0.2) is 16.8 Å². The van der Waals surface area contributed by atoms with Gasteiger partial charge in [0.25, 0.3) is 5.89 Å². The fourth-order valence-corrected chi connectivity index (χ4v) is 2.36. The van der Waals surface area contributed by atoms with E-state index in [0.717, 1.165) is 37.6 Å². The maximum Gasteiger partial charge on any atom is 0.259 e. The van der Waals surface area contributed by atoms with E-state index in [-0.39, 0.29) is 12.4 Å². The Morgan fingerprint density at radius 2 is 2.10 bits per heavy atom. The third kappa shape index (κ3) is 3.03. The molecule has 6 nitrogen and oxygen atoms in total. The van der Waals surface area contributed by atoms with Crippen LogP contribution in [-0.2, 0) is 0 Å². The quantitative estimate of drug-likeness (QED) is 0.913. The van der Waals surface area contributed by atoms with Gasteiger partial charge in [-0.2, -0.15) is 4.98 Å². The van der Waals surface area contributed by atoms with Gasteiger partial charge in [0.1, 0.15) is 5.82 Å². The van der Waals surface area contributed by atoms with Crippen molar-refractivity contribution >= 4 is 29.8 Å². The first-order chi connectivity index (χ1) is 9.24. The number of pyridine rings is 1. The second kappa shape index (κ2) is 6.39. The lowest BCUT2D eigenvalue weighted by Gasteiger charge is -2.29. The van der Waals surface area contributed by atoms with E-state index in [1.165, 1.54) is 0 Å². The van der Waals surface area contributed by atoms with E-state index >= 15 is 0 Å². The molecule has 20 heavy (non-hydrogen) atoms. The molecule has 108 valence electrons. The van der Waals surface area contributed by atoms with Gasteiger partial charge in [-0.25, -0.2) is 4.98 Å². The van der Waals surface area contributed by atoms with Crippen LogP contribution < -0.4 is 10.2 Å². The van der Waals surface area contributed by atoms with Crippen LogP contribution in [0.4, 0.5) is 5.82 Å². The second-order valence-electron chi connectivity index (χ2n) is 4.41. The first kappa shape index (κ1) is 15.0. The lowest BCUT2D eigenvalue weighted by molar-refractivity contribution is 0.425. The highest BCUT2D eigenvalue weighted by Gasteiger charge is 2.16. The van der Waals surface area contributed by atoms with Crippen molar-refractivity contribution in [1.29, 1.82) is 0 Å². The van der Waals surface area contributed by atoms with Gasteiger partial charge in [0.15, 0.2) is 5.82 Å². The number of hydrogen-bond acceptors (Lipinski definition) is 6. The normalized spacial score (nSPS) is 15.0. The van der Waals surface area contributed by atoms with Gasteiger partial charge in [0, 0.05) is 32.4 Å². The van der Waals surface area contributed by atoms with Crippen molar-refractivity contribution < 1.29 is 4.52 Å². The minimum Gasteiger partial charge on any atom is -0.353 e. The first-order valence-electron chi connectivity index (χ1n) is 6.16. The Bertz CT molecular complexity index is 583. The number of piperazine rings is 1. The average Bonchev–Trinajstić information content (AvgIpc) is 2.86. The molecule has 0 amide bonds. The molecule has 0 spiro atoms. The molecule has 1 N–H and O–H groups in total. The second-order valence-corrected chi connectivity index (χ2v) is 4.82. The molecule has 2 aromatic heterocycles. The standard InChI is InChI=1S/C12H14ClN5O.ClH/c1-8-16-12(19-17-8)9-6-10(13)11(15-7-9)18-4-2-14-3-5-18;/h6-7,14H,2-5H2,1H3;1H. The van der Waals surface area contributed by atoms with Gasteiger partial charge in [-0.3, -0.25) is 0 Å². The summed E-state index contributed by atoms with van der Waals surface area (Å²) in [4.78, 5) is 10.8. The number of rotatable bonds is 2. The van der Waals surface area contributed by atoms with Crippen molar-refractivity contribution in [2.45, 2.75) is 6.92 Å². The molecule has 1 aliphatic heterocycles. The van der Waals surface area contributed by atoms with Gasteiger partial charge in [-0.05, 0) is 13.0 Å². The molecule has 1 saturated heterocycles. The summed E-state index contributed by atoms with van der Waals surface area (Å²) in [5.41, 5.74) is 0.740. The third-order valence-electron chi connectivity index (χ3n) is 3.01. The number of nitrogens with zero attached hydrogens (tertiary/aromatic N) is 4. The average molecular weight is 316 g/mol. The monoisotopic (exact) mass is 315 g/mol. The summed E-state index contributed by atoms with van der Waals surface area (Å²) >= 11 is 6.31. The van der Waals surface area contributed by atoms with Crippen LogP contribution in [0.2, 0.25) is 5.02 Å². The van der Waals surface area contributed by atoms with E-state index in [1.807, 2.05) is 6.07 Å². The first-order valence-corrected chi connectivity index (χ1v) is 6.54. The van der Waals surface area contributed by atoms with Gasteiger partial charge < -0.3 is 14.7 Å². The number of hydrogen-bond donors (Lipinski definition) is 1.